The molecular formula is C30H35FN2O3. The minimum absolute atomic E-state index is 0.0706. The van der Waals surface area contributed by atoms with Crippen LogP contribution in [-0.4, -0.2) is 34.4 Å². The Hall–Kier alpha value is -3.12. The molecule has 0 aliphatic heterocycles. The van der Waals surface area contributed by atoms with E-state index in [0.717, 1.165) is 53.3 Å². The lowest BCUT2D eigenvalue weighted by atomic mass is 9.71. The van der Waals surface area contributed by atoms with E-state index in [2.05, 4.69) is 10.3 Å². The van der Waals surface area contributed by atoms with Crippen molar-refractivity contribution in [2.45, 2.75) is 64.3 Å². The molecule has 2 N–H and O–H groups in total. The van der Waals surface area contributed by atoms with Crippen LogP contribution in [-0.2, 0) is 22.4 Å². The van der Waals surface area contributed by atoms with E-state index in [1.807, 2.05) is 44.2 Å². The fraction of sp³-hybridized carbons (Fsp3) is 0.433. The van der Waals surface area contributed by atoms with Gasteiger partial charge in [-0.3, -0.25) is 14.6 Å². The van der Waals surface area contributed by atoms with Crippen LogP contribution < -0.4 is 5.32 Å². The lowest BCUT2D eigenvalue weighted by Gasteiger charge is -2.34. The van der Waals surface area contributed by atoms with Gasteiger partial charge in [-0.05, 0) is 98.7 Å². The third-order valence-electron chi connectivity index (χ3n) is 7.34. The van der Waals surface area contributed by atoms with Crippen molar-refractivity contribution in [3.8, 4) is 0 Å². The summed E-state index contributed by atoms with van der Waals surface area (Å²) in [4.78, 5) is 29.2. The van der Waals surface area contributed by atoms with Crippen molar-refractivity contribution in [3.63, 3.8) is 0 Å². The van der Waals surface area contributed by atoms with Gasteiger partial charge in [-0.1, -0.05) is 24.3 Å². The summed E-state index contributed by atoms with van der Waals surface area (Å²) in [6.45, 7) is 3.51. The molecule has 6 heteroatoms. The summed E-state index contributed by atoms with van der Waals surface area (Å²) < 4.78 is 14.0. The number of carbonyl (C=O) groups is 2. The van der Waals surface area contributed by atoms with Crippen LogP contribution in [0, 0.1) is 17.7 Å². The van der Waals surface area contributed by atoms with E-state index in [-0.39, 0.29) is 41.8 Å². The Morgan fingerprint density at radius 2 is 1.72 bits per heavy atom. The molecule has 1 saturated carbocycles. The fourth-order valence-corrected chi connectivity index (χ4v) is 5.52. The van der Waals surface area contributed by atoms with Crippen LogP contribution in [0.2, 0.25) is 0 Å². The van der Waals surface area contributed by atoms with Crippen molar-refractivity contribution in [1.29, 1.82) is 0 Å². The molecule has 1 aliphatic carbocycles. The second-order valence-electron chi connectivity index (χ2n) is 10.3. The van der Waals surface area contributed by atoms with E-state index in [0.29, 0.717) is 12.3 Å². The standard InChI is InChI=1S/C30H35FN2O3/c1-19(2)33-30(36)27(16-21-5-3-20(4-6-21)15-25(35)18-34)23-9-7-22(8-10-23)26-13-14-32-29-12-11-24(31)17-28(26)29/h3-6,11-14,17,19,22-23,27,34H,7-10,15-16,18H2,1-2H3,(H,33,36). The maximum Gasteiger partial charge on any atom is 0.223 e. The Labute approximate surface area is 212 Å². The molecule has 1 fully saturated rings. The average Bonchev–Trinajstić information content (AvgIpc) is 2.87. The Bertz CT molecular complexity index is 1200. The molecule has 1 atom stereocenters. The number of Topliss-reactive ketones (excluding diaryl/α,β-unsaturated/α-hetero) is 1. The van der Waals surface area contributed by atoms with Crippen molar-refractivity contribution >= 4 is 22.6 Å². The summed E-state index contributed by atoms with van der Waals surface area (Å²) in [7, 11) is 0. The largest absolute Gasteiger partial charge is 0.389 e. The number of carbonyl (C=O) groups excluding carboxylic acids is 2. The number of aliphatic hydroxyl groups excluding tert-OH is 1. The Morgan fingerprint density at radius 3 is 2.39 bits per heavy atom. The zero-order valence-electron chi connectivity index (χ0n) is 21.0. The first-order valence-electron chi connectivity index (χ1n) is 12.9. The Morgan fingerprint density at radius 1 is 1.03 bits per heavy atom. The molecule has 0 radical (unpaired) electrons. The van der Waals surface area contributed by atoms with Crippen LogP contribution in [0.3, 0.4) is 0 Å². The minimum atomic E-state index is -0.452. The van der Waals surface area contributed by atoms with Crippen LogP contribution in [0.25, 0.3) is 10.9 Å². The molecule has 3 aromatic rings. The number of hydrogen-bond acceptors (Lipinski definition) is 4. The number of aliphatic hydroxyl groups is 1. The van der Waals surface area contributed by atoms with Gasteiger partial charge in [-0.15, -0.1) is 0 Å². The Balaban J connectivity index is 1.48. The first kappa shape index (κ1) is 26.0. The van der Waals surface area contributed by atoms with Gasteiger partial charge in [-0.2, -0.15) is 0 Å². The number of benzene rings is 2. The molecule has 0 spiro atoms. The molecule has 1 aliphatic rings. The zero-order chi connectivity index (χ0) is 25.7. The number of fused-ring (bicyclic) bond motifs is 1. The second kappa shape index (κ2) is 11.7. The number of hydrogen-bond donors (Lipinski definition) is 2. The van der Waals surface area contributed by atoms with Gasteiger partial charge in [0.15, 0.2) is 5.78 Å². The van der Waals surface area contributed by atoms with E-state index >= 15 is 0 Å². The third kappa shape index (κ3) is 6.35. The van der Waals surface area contributed by atoms with Crippen molar-refractivity contribution in [3.05, 3.63) is 77.2 Å². The number of pyridine rings is 1. The van der Waals surface area contributed by atoms with Gasteiger partial charge in [0.1, 0.15) is 12.4 Å². The minimum Gasteiger partial charge on any atom is -0.389 e. The summed E-state index contributed by atoms with van der Waals surface area (Å²) in [6.07, 6.45) is 6.43. The molecule has 1 unspecified atom stereocenters. The summed E-state index contributed by atoms with van der Waals surface area (Å²) in [5, 5.41) is 13.0. The highest BCUT2D eigenvalue weighted by Gasteiger charge is 2.33. The molecule has 0 bridgehead atoms. The highest BCUT2D eigenvalue weighted by atomic mass is 19.1. The first-order valence-corrected chi connectivity index (χ1v) is 12.9. The van der Waals surface area contributed by atoms with Crippen LogP contribution >= 0.6 is 0 Å². The smallest absolute Gasteiger partial charge is 0.223 e. The number of rotatable bonds is 9. The van der Waals surface area contributed by atoms with Crippen molar-refractivity contribution in [1.82, 2.24) is 10.3 Å². The maximum absolute atomic E-state index is 14.0. The molecule has 4 rings (SSSR count). The van der Waals surface area contributed by atoms with E-state index < -0.39 is 6.61 Å². The highest BCUT2D eigenvalue weighted by Crippen LogP contribution is 2.41. The van der Waals surface area contributed by atoms with E-state index in [9.17, 15) is 14.0 Å². The lowest BCUT2D eigenvalue weighted by Crippen LogP contribution is -2.40. The number of nitrogens with one attached hydrogen (secondary N) is 1. The van der Waals surface area contributed by atoms with Crippen LogP contribution in [0.4, 0.5) is 4.39 Å². The van der Waals surface area contributed by atoms with Gasteiger partial charge in [0, 0.05) is 30.0 Å². The van der Waals surface area contributed by atoms with Crippen LogP contribution in [0.1, 0.15) is 62.1 Å². The molecule has 0 saturated heterocycles. The fourth-order valence-electron chi connectivity index (χ4n) is 5.52. The monoisotopic (exact) mass is 490 g/mol. The predicted octanol–water partition coefficient (Wildman–Crippen LogP) is 5.14. The zero-order valence-corrected chi connectivity index (χ0v) is 21.0. The van der Waals surface area contributed by atoms with Gasteiger partial charge in [0.05, 0.1) is 5.52 Å². The molecule has 36 heavy (non-hydrogen) atoms. The van der Waals surface area contributed by atoms with Gasteiger partial charge >= 0.3 is 0 Å². The lowest BCUT2D eigenvalue weighted by molar-refractivity contribution is -0.127. The molecule has 5 nitrogen and oxygen atoms in total. The van der Waals surface area contributed by atoms with Gasteiger partial charge in [-0.25, -0.2) is 4.39 Å². The molecule has 2 aromatic carbocycles. The third-order valence-corrected chi connectivity index (χ3v) is 7.34. The maximum atomic E-state index is 14.0. The van der Waals surface area contributed by atoms with E-state index in [1.54, 1.807) is 18.3 Å². The highest BCUT2D eigenvalue weighted by molar-refractivity contribution is 5.83. The number of halogens is 1. The Kier molecular flexibility index (Phi) is 8.47. The number of ketones is 1. The quantitative estimate of drug-likeness (QED) is 0.436. The molecule has 190 valence electrons. The molecular weight excluding hydrogens is 455 g/mol. The van der Waals surface area contributed by atoms with Crippen molar-refractivity contribution in [2.24, 2.45) is 11.8 Å². The number of aromatic nitrogens is 1. The van der Waals surface area contributed by atoms with E-state index in [1.165, 1.54) is 6.07 Å². The number of nitrogens with zero attached hydrogens (tertiary/aromatic N) is 1. The summed E-state index contributed by atoms with van der Waals surface area (Å²) in [5.41, 5.74) is 3.89. The SMILES string of the molecule is CC(C)NC(=O)C(Cc1ccc(CC(=O)CO)cc1)C1CCC(c2ccnc3ccc(F)cc23)CC1. The second-order valence-corrected chi connectivity index (χ2v) is 10.3. The summed E-state index contributed by atoms with van der Waals surface area (Å²) in [5.74, 6) is 0.0847. The van der Waals surface area contributed by atoms with Crippen molar-refractivity contribution < 1.29 is 19.1 Å². The van der Waals surface area contributed by atoms with Gasteiger partial charge < -0.3 is 10.4 Å². The van der Waals surface area contributed by atoms with Crippen molar-refractivity contribution in [2.75, 3.05) is 6.61 Å². The molecule has 1 heterocycles. The summed E-state index contributed by atoms with van der Waals surface area (Å²) >= 11 is 0. The first-order chi connectivity index (χ1) is 17.3. The van der Waals surface area contributed by atoms with Crippen LogP contribution in [0.15, 0.2) is 54.7 Å². The van der Waals surface area contributed by atoms with Crippen LogP contribution in [0.5, 0.6) is 0 Å². The van der Waals surface area contributed by atoms with Gasteiger partial charge in [0.25, 0.3) is 0 Å². The van der Waals surface area contributed by atoms with E-state index in [4.69, 9.17) is 5.11 Å². The van der Waals surface area contributed by atoms with Gasteiger partial charge in [0.2, 0.25) is 5.91 Å². The predicted molar refractivity (Wildman–Crippen MR) is 139 cm³/mol. The normalized spacial score (nSPS) is 18.8. The summed E-state index contributed by atoms with van der Waals surface area (Å²) in [6, 6.07) is 14.6. The topological polar surface area (TPSA) is 79.3 Å². The number of amides is 1. The molecule has 1 amide bonds. The molecule has 1 aromatic heterocycles. The average molecular weight is 491 g/mol.